The van der Waals surface area contributed by atoms with Crippen molar-refractivity contribution in [2.45, 2.75) is 31.9 Å². The lowest BCUT2D eigenvalue weighted by Crippen LogP contribution is -2.44. The number of aromatic nitrogens is 2. The standard InChI is InChI=1S/C16H19N3O3/c1-16(6-4-8-21-16)15(20)19(2)11-13-9-14(18-22-13)12-5-3-7-17-10-12/h3,5,7,9-10H,4,6,8,11H2,1-2H3/t16-/m1/s1. The summed E-state index contributed by atoms with van der Waals surface area (Å²) in [7, 11) is 1.75. The molecular weight excluding hydrogens is 282 g/mol. The Balaban J connectivity index is 1.68. The van der Waals surface area contributed by atoms with Gasteiger partial charge in [0.15, 0.2) is 5.76 Å². The van der Waals surface area contributed by atoms with E-state index in [2.05, 4.69) is 10.1 Å². The number of carbonyl (C=O) groups excluding carboxylic acids is 1. The van der Waals surface area contributed by atoms with E-state index >= 15 is 0 Å². The summed E-state index contributed by atoms with van der Waals surface area (Å²) in [5.74, 6) is 0.612. The molecule has 1 fully saturated rings. The minimum atomic E-state index is -0.707. The van der Waals surface area contributed by atoms with Gasteiger partial charge in [0.05, 0.1) is 6.54 Å². The molecule has 1 saturated heterocycles. The number of hydrogen-bond donors (Lipinski definition) is 0. The van der Waals surface area contributed by atoms with E-state index in [4.69, 9.17) is 9.26 Å². The molecule has 2 aromatic rings. The molecule has 3 rings (SSSR count). The zero-order valence-electron chi connectivity index (χ0n) is 12.8. The van der Waals surface area contributed by atoms with Crippen molar-refractivity contribution in [3.8, 4) is 11.3 Å². The van der Waals surface area contributed by atoms with Gasteiger partial charge in [0.1, 0.15) is 11.3 Å². The SMILES string of the molecule is CN(Cc1cc(-c2cccnc2)no1)C(=O)[C@@]1(C)CCCO1. The fourth-order valence-corrected chi connectivity index (χ4v) is 2.69. The lowest BCUT2D eigenvalue weighted by molar-refractivity contribution is -0.150. The first kappa shape index (κ1) is 14.7. The number of amides is 1. The van der Waals surface area contributed by atoms with Crippen molar-refractivity contribution in [3.63, 3.8) is 0 Å². The molecule has 0 saturated carbocycles. The molecule has 116 valence electrons. The summed E-state index contributed by atoms with van der Waals surface area (Å²) in [4.78, 5) is 18.2. The normalized spacial score (nSPS) is 21.0. The maximum absolute atomic E-state index is 12.5. The minimum Gasteiger partial charge on any atom is -0.365 e. The Hall–Kier alpha value is -2.21. The van der Waals surface area contributed by atoms with Crippen LogP contribution in [0, 0.1) is 0 Å². The molecular formula is C16H19N3O3. The van der Waals surface area contributed by atoms with E-state index in [1.165, 1.54) is 0 Å². The Kier molecular flexibility index (Phi) is 3.94. The molecule has 22 heavy (non-hydrogen) atoms. The van der Waals surface area contributed by atoms with Crippen molar-refractivity contribution in [1.29, 1.82) is 0 Å². The fraction of sp³-hybridized carbons (Fsp3) is 0.438. The van der Waals surface area contributed by atoms with Crippen LogP contribution in [0.4, 0.5) is 0 Å². The molecule has 0 bridgehead atoms. The van der Waals surface area contributed by atoms with Crippen LogP contribution in [0.1, 0.15) is 25.5 Å². The highest BCUT2D eigenvalue weighted by Crippen LogP contribution is 2.27. The van der Waals surface area contributed by atoms with Crippen LogP contribution in [0.2, 0.25) is 0 Å². The van der Waals surface area contributed by atoms with Crippen molar-refractivity contribution in [2.75, 3.05) is 13.7 Å². The highest BCUT2D eigenvalue weighted by Gasteiger charge is 2.39. The lowest BCUT2D eigenvalue weighted by atomic mass is 10.0. The average Bonchev–Trinajstić information content (AvgIpc) is 3.17. The summed E-state index contributed by atoms with van der Waals surface area (Å²) in [5.41, 5.74) is 0.894. The molecule has 1 aliphatic rings. The predicted octanol–water partition coefficient (Wildman–Crippen LogP) is 2.26. The first-order valence-electron chi connectivity index (χ1n) is 7.34. The fourth-order valence-electron chi connectivity index (χ4n) is 2.69. The molecule has 1 aliphatic heterocycles. The molecule has 1 atom stereocenters. The third kappa shape index (κ3) is 2.87. The molecule has 3 heterocycles. The largest absolute Gasteiger partial charge is 0.365 e. The van der Waals surface area contributed by atoms with Crippen molar-refractivity contribution in [1.82, 2.24) is 15.0 Å². The van der Waals surface area contributed by atoms with E-state index in [0.717, 1.165) is 18.4 Å². The number of hydrogen-bond acceptors (Lipinski definition) is 5. The minimum absolute atomic E-state index is 0.0238. The van der Waals surface area contributed by atoms with Gasteiger partial charge in [0.25, 0.3) is 5.91 Å². The Bertz CT molecular complexity index is 648. The number of ether oxygens (including phenoxy) is 1. The van der Waals surface area contributed by atoms with E-state index in [1.807, 2.05) is 25.1 Å². The molecule has 0 aromatic carbocycles. The molecule has 2 aromatic heterocycles. The summed E-state index contributed by atoms with van der Waals surface area (Å²) in [6, 6.07) is 5.59. The van der Waals surface area contributed by atoms with Crippen LogP contribution in [0.25, 0.3) is 11.3 Å². The van der Waals surface area contributed by atoms with Crippen LogP contribution in [0.15, 0.2) is 35.1 Å². The monoisotopic (exact) mass is 301 g/mol. The highest BCUT2D eigenvalue weighted by atomic mass is 16.5. The van der Waals surface area contributed by atoms with Crippen molar-refractivity contribution in [2.24, 2.45) is 0 Å². The van der Waals surface area contributed by atoms with Crippen molar-refractivity contribution in [3.05, 3.63) is 36.4 Å². The molecule has 0 radical (unpaired) electrons. The van der Waals surface area contributed by atoms with Gasteiger partial charge in [-0.25, -0.2) is 0 Å². The molecule has 6 nitrogen and oxygen atoms in total. The van der Waals surface area contributed by atoms with Crippen LogP contribution >= 0.6 is 0 Å². The van der Waals surface area contributed by atoms with Gasteiger partial charge in [0, 0.05) is 37.7 Å². The van der Waals surface area contributed by atoms with Gasteiger partial charge in [-0.3, -0.25) is 9.78 Å². The van der Waals surface area contributed by atoms with Gasteiger partial charge in [-0.1, -0.05) is 5.16 Å². The van der Waals surface area contributed by atoms with Crippen LogP contribution in [-0.4, -0.2) is 40.2 Å². The van der Waals surface area contributed by atoms with Crippen LogP contribution in [-0.2, 0) is 16.1 Å². The number of likely N-dealkylation sites (N-methyl/N-ethyl adjacent to an activating group) is 1. The summed E-state index contributed by atoms with van der Waals surface area (Å²) < 4.78 is 10.9. The summed E-state index contributed by atoms with van der Waals surface area (Å²) in [5, 5.41) is 4.03. The second-order valence-electron chi connectivity index (χ2n) is 5.76. The summed E-state index contributed by atoms with van der Waals surface area (Å²) in [6.45, 7) is 2.86. The Morgan fingerprint density at radius 1 is 1.50 bits per heavy atom. The van der Waals surface area contributed by atoms with Crippen molar-refractivity contribution >= 4 is 5.91 Å². The highest BCUT2D eigenvalue weighted by molar-refractivity contribution is 5.84. The zero-order chi connectivity index (χ0) is 15.6. The Morgan fingerprint density at radius 2 is 2.36 bits per heavy atom. The topological polar surface area (TPSA) is 68.5 Å². The van der Waals surface area contributed by atoms with Crippen molar-refractivity contribution < 1.29 is 14.1 Å². The number of rotatable bonds is 4. The molecule has 6 heteroatoms. The lowest BCUT2D eigenvalue weighted by Gasteiger charge is -2.27. The van der Waals surface area contributed by atoms with Gasteiger partial charge in [0.2, 0.25) is 0 Å². The smallest absolute Gasteiger partial charge is 0.254 e. The molecule has 1 amide bonds. The number of carbonyl (C=O) groups is 1. The second-order valence-corrected chi connectivity index (χ2v) is 5.76. The summed E-state index contributed by atoms with van der Waals surface area (Å²) >= 11 is 0. The molecule has 0 aliphatic carbocycles. The summed E-state index contributed by atoms with van der Waals surface area (Å²) in [6.07, 6.45) is 5.11. The molecule has 0 spiro atoms. The zero-order valence-corrected chi connectivity index (χ0v) is 12.8. The second kappa shape index (κ2) is 5.88. The maximum Gasteiger partial charge on any atom is 0.254 e. The van der Waals surface area contributed by atoms with Gasteiger partial charge >= 0.3 is 0 Å². The average molecular weight is 301 g/mol. The van der Waals surface area contributed by atoms with E-state index in [-0.39, 0.29) is 5.91 Å². The third-order valence-electron chi connectivity index (χ3n) is 3.93. The van der Waals surface area contributed by atoms with E-state index in [1.54, 1.807) is 24.3 Å². The maximum atomic E-state index is 12.5. The molecule has 0 N–H and O–H groups in total. The van der Waals surface area contributed by atoms with E-state index < -0.39 is 5.60 Å². The van der Waals surface area contributed by atoms with Crippen LogP contribution in [0.5, 0.6) is 0 Å². The van der Waals surface area contributed by atoms with Crippen LogP contribution < -0.4 is 0 Å². The third-order valence-corrected chi connectivity index (χ3v) is 3.93. The molecule has 0 unspecified atom stereocenters. The van der Waals surface area contributed by atoms with Gasteiger partial charge < -0.3 is 14.2 Å². The van der Waals surface area contributed by atoms with Gasteiger partial charge in [-0.05, 0) is 31.9 Å². The van der Waals surface area contributed by atoms with Gasteiger partial charge in [-0.2, -0.15) is 0 Å². The quantitative estimate of drug-likeness (QED) is 0.866. The van der Waals surface area contributed by atoms with E-state index in [0.29, 0.717) is 24.6 Å². The van der Waals surface area contributed by atoms with Crippen LogP contribution in [0.3, 0.4) is 0 Å². The Morgan fingerprint density at radius 3 is 3.05 bits per heavy atom. The number of nitrogens with zero attached hydrogens (tertiary/aromatic N) is 3. The van der Waals surface area contributed by atoms with E-state index in [9.17, 15) is 4.79 Å². The predicted molar refractivity (Wildman–Crippen MR) is 79.8 cm³/mol. The Labute approximate surface area is 129 Å². The number of pyridine rings is 1. The van der Waals surface area contributed by atoms with Gasteiger partial charge in [-0.15, -0.1) is 0 Å². The first-order valence-corrected chi connectivity index (χ1v) is 7.34. The first-order chi connectivity index (χ1) is 10.6.